The van der Waals surface area contributed by atoms with Crippen LogP contribution in [0.4, 0.5) is 0 Å². The van der Waals surface area contributed by atoms with Gasteiger partial charge in [-0.2, -0.15) is 11.3 Å². The van der Waals surface area contributed by atoms with Crippen LogP contribution in [0.25, 0.3) is 0 Å². The molecule has 0 radical (unpaired) electrons. The smallest absolute Gasteiger partial charge is 0.242 e. The van der Waals surface area contributed by atoms with E-state index in [-0.39, 0.29) is 16.5 Å². The van der Waals surface area contributed by atoms with Gasteiger partial charge in [0.2, 0.25) is 10.0 Å². The predicted octanol–water partition coefficient (Wildman–Crippen LogP) is 3.18. The molecule has 2 aromatic rings. The van der Waals surface area contributed by atoms with E-state index in [0.29, 0.717) is 10.0 Å². The van der Waals surface area contributed by atoms with Crippen LogP contribution in [0.1, 0.15) is 11.7 Å². The molecule has 1 unspecified atom stereocenters. The first-order valence-corrected chi connectivity index (χ1v) is 9.15. The number of halogens is 2. The molecule has 2 N–H and O–H groups in total. The lowest BCUT2D eigenvalue weighted by molar-refractivity contribution is 0.182. The first kappa shape index (κ1) is 15.9. The van der Waals surface area contributed by atoms with Crippen molar-refractivity contribution in [3.8, 4) is 0 Å². The Bertz CT molecular complexity index is 689. The van der Waals surface area contributed by atoms with Crippen LogP contribution in [0.5, 0.6) is 0 Å². The Morgan fingerprint density at radius 2 is 2.15 bits per heavy atom. The van der Waals surface area contributed by atoms with Crippen LogP contribution in [0.3, 0.4) is 0 Å². The Morgan fingerprint density at radius 1 is 1.40 bits per heavy atom. The molecule has 0 amide bonds. The Hall–Kier alpha value is -0.440. The van der Waals surface area contributed by atoms with E-state index < -0.39 is 16.1 Å². The zero-order valence-electron chi connectivity index (χ0n) is 10.1. The molecule has 20 heavy (non-hydrogen) atoms. The van der Waals surface area contributed by atoms with Crippen LogP contribution in [-0.4, -0.2) is 20.1 Å². The molecule has 0 spiro atoms. The zero-order chi connectivity index (χ0) is 14.8. The number of thiophene rings is 1. The van der Waals surface area contributed by atoms with E-state index in [4.69, 9.17) is 11.6 Å². The van der Waals surface area contributed by atoms with Gasteiger partial charge in [-0.15, -0.1) is 0 Å². The maximum Gasteiger partial charge on any atom is 0.242 e. The van der Waals surface area contributed by atoms with Crippen molar-refractivity contribution in [1.82, 2.24) is 4.72 Å². The van der Waals surface area contributed by atoms with Crippen LogP contribution in [0.2, 0.25) is 5.02 Å². The first-order chi connectivity index (χ1) is 9.40. The van der Waals surface area contributed by atoms with Gasteiger partial charge in [0.25, 0.3) is 0 Å². The standard InChI is InChI=1S/C12H11BrClNO3S2/c13-9-1-2-12(10(14)5-9)20(17,18)15-6-11(16)8-3-4-19-7-8/h1-5,7,11,15-16H,6H2. The van der Waals surface area contributed by atoms with Gasteiger partial charge >= 0.3 is 0 Å². The summed E-state index contributed by atoms with van der Waals surface area (Å²) >= 11 is 10.6. The molecule has 4 nitrogen and oxygen atoms in total. The van der Waals surface area contributed by atoms with Crippen molar-refractivity contribution in [3.63, 3.8) is 0 Å². The summed E-state index contributed by atoms with van der Waals surface area (Å²) in [6.45, 7) is -0.106. The van der Waals surface area contributed by atoms with Crippen LogP contribution in [0, 0.1) is 0 Å². The lowest BCUT2D eigenvalue weighted by Gasteiger charge is -2.12. The first-order valence-electron chi connectivity index (χ1n) is 5.55. The second-order valence-electron chi connectivity index (χ2n) is 4.00. The van der Waals surface area contributed by atoms with Gasteiger partial charge in [-0.1, -0.05) is 27.5 Å². The van der Waals surface area contributed by atoms with Crippen molar-refractivity contribution in [2.75, 3.05) is 6.54 Å². The Kier molecular flexibility index (Phi) is 5.22. The summed E-state index contributed by atoms with van der Waals surface area (Å²) in [6, 6.07) is 6.25. The fraction of sp³-hybridized carbons (Fsp3) is 0.167. The summed E-state index contributed by atoms with van der Waals surface area (Å²) in [7, 11) is -3.75. The number of hydrogen-bond acceptors (Lipinski definition) is 4. The summed E-state index contributed by atoms with van der Waals surface area (Å²) in [5.74, 6) is 0. The van der Waals surface area contributed by atoms with Crippen molar-refractivity contribution < 1.29 is 13.5 Å². The highest BCUT2D eigenvalue weighted by Crippen LogP contribution is 2.25. The topological polar surface area (TPSA) is 66.4 Å². The molecule has 1 aromatic carbocycles. The lowest BCUT2D eigenvalue weighted by Crippen LogP contribution is -2.28. The zero-order valence-corrected chi connectivity index (χ0v) is 14.1. The highest BCUT2D eigenvalue weighted by molar-refractivity contribution is 9.10. The molecule has 108 valence electrons. The van der Waals surface area contributed by atoms with Gasteiger partial charge in [-0.3, -0.25) is 0 Å². The number of benzene rings is 1. The Balaban J connectivity index is 2.11. The average Bonchev–Trinajstić information content (AvgIpc) is 2.89. The maximum absolute atomic E-state index is 12.1. The van der Waals surface area contributed by atoms with Crippen molar-refractivity contribution in [1.29, 1.82) is 0 Å². The molecule has 0 bridgehead atoms. The fourth-order valence-electron chi connectivity index (χ4n) is 1.54. The third-order valence-electron chi connectivity index (χ3n) is 2.58. The van der Waals surface area contributed by atoms with E-state index >= 15 is 0 Å². The van der Waals surface area contributed by atoms with Gasteiger partial charge in [0.15, 0.2) is 0 Å². The summed E-state index contributed by atoms with van der Waals surface area (Å²) in [5, 5.41) is 13.6. The van der Waals surface area contributed by atoms with Gasteiger partial charge in [0, 0.05) is 11.0 Å². The number of sulfonamides is 1. The van der Waals surface area contributed by atoms with Gasteiger partial charge in [-0.25, -0.2) is 13.1 Å². The summed E-state index contributed by atoms with van der Waals surface area (Å²) in [5.41, 5.74) is 0.680. The lowest BCUT2D eigenvalue weighted by atomic mass is 10.2. The molecule has 1 heterocycles. The Morgan fingerprint density at radius 3 is 2.75 bits per heavy atom. The van der Waals surface area contributed by atoms with Crippen molar-refractivity contribution in [2.45, 2.75) is 11.0 Å². The third kappa shape index (κ3) is 3.81. The molecule has 0 saturated heterocycles. The summed E-state index contributed by atoms with van der Waals surface area (Å²) in [6.07, 6.45) is -0.884. The van der Waals surface area contributed by atoms with E-state index in [0.717, 1.165) is 0 Å². The van der Waals surface area contributed by atoms with E-state index in [1.807, 2.05) is 5.38 Å². The monoisotopic (exact) mass is 395 g/mol. The van der Waals surface area contributed by atoms with Crippen molar-refractivity contribution in [3.05, 3.63) is 50.1 Å². The highest BCUT2D eigenvalue weighted by Gasteiger charge is 2.19. The van der Waals surface area contributed by atoms with Gasteiger partial charge in [0.05, 0.1) is 11.1 Å². The number of aliphatic hydroxyl groups is 1. The molecule has 0 aliphatic rings. The SMILES string of the molecule is O=S(=O)(NCC(O)c1ccsc1)c1ccc(Br)cc1Cl. The summed E-state index contributed by atoms with van der Waals surface area (Å²) < 4.78 is 27.3. The molecular formula is C12H11BrClNO3S2. The van der Waals surface area contributed by atoms with E-state index in [1.165, 1.54) is 23.5 Å². The van der Waals surface area contributed by atoms with E-state index in [2.05, 4.69) is 20.7 Å². The minimum Gasteiger partial charge on any atom is -0.387 e. The fourth-order valence-corrected chi connectivity index (χ4v) is 4.32. The normalized spacial score (nSPS) is 13.3. The van der Waals surface area contributed by atoms with E-state index in [1.54, 1.807) is 17.5 Å². The van der Waals surface area contributed by atoms with E-state index in [9.17, 15) is 13.5 Å². The minimum atomic E-state index is -3.75. The van der Waals surface area contributed by atoms with Crippen molar-refractivity contribution >= 4 is 48.9 Å². The van der Waals surface area contributed by atoms with Crippen molar-refractivity contribution in [2.24, 2.45) is 0 Å². The number of nitrogens with one attached hydrogen (secondary N) is 1. The molecule has 2 rings (SSSR count). The molecule has 0 saturated carbocycles. The number of aliphatic hydroxyl groups excluding tert-OH is 1. The largest absolute Gasteiger partial charge is 0.387 e. The van der Waals surface area contributed by atoms with Crippen LogP contribution < -0.4 is 4.72 Å². The maximum atomic E-state index is 12.1. The molecule has 0 aliphatic carbocycles. The molecule has 1 atom stereocenters. The van der Waals surface area contributed by atoms with Crippen LogP contribution in [-0.2, 0) is 10.0 Å². The second-order valence-corrected chi connectivity index (χ2v) is 7.84. The third-order valence-corrected chi connectivity index (χ3v) is 5.68. The van der Waals surface area contributed by atoms with Crippen LogP contribution >= 0.6 is 38.9 Å². The average molecular weight is 397 g/mol. The van der Waals surface area contributed by atoms with Gasteiger partial charge < -0.3 is 5.11 Å². The molecule has 0 fully saturated rings. The molecule has 1 aromatic heterocycles. The van der Waals surface area contributed by atoms with Gasteiger partial charge in [-0.05, 0) is 40.6 Å². The number of hydrogen-bond donors (Lipinski definition) is 2. The highest BCUT2D eigenvalue weighted by atomic mass is 79.9. The molecule has 0 aliphatic heterocycles. The number of rotatable bonds is 5. The van der Waals surface area contributed by atoms with Crippen LogP contribution in [0.15, 0.2) is 44.4 Å². The minimum absolute atomic E-state index is 0.0140. The summed E-state index contributed by atoms with van der Waals surface area (Å²) in [4.78, 5) is -0.0140. The quantitative estimate of drug-likeness (QED) is 0.816. The molecular weight excluding hydrogens is 386 g/mol. The van der Waals surface area contributed by atoms with Gasteiger partial charge in [0.1, 0.15) is 4.90 Å². The predicted molar refractivity (Wildman–Crippen MR) is 83.6 cm³/mol. The molecule has 8 heteroatoms. The Labute approximate surface area is 134 Å². The second kappa shape index (κ2) is 6.55.